The number of rotatable bonds is 8. The quantitative estimate of drug-likeness (QED) is 0.694. The molecule has 1 aromatic carbocycles. The van der Waals surface area contributed by atoms with E-state index >= 15 is 0 Å². The minimum absolute atomic E-state index is 0.695. The molecule has 1 rings (SSSR count). The fourth-order valence-electron chi connectivity index (χ4n) is 1.59. The Bertz CT molecular complexity index is 315. The van der Waals surface area contributed by atoms with Crippen LogP contribution in [-0.4, -0.2) is 38.8 Å². The van der Waals surface area contributed by atoms with E-state index in [9.17, 15) is 0 Å². The van der Waals surface area contributed by atoms with Crippen molar-refractivity contribution in [2.75, 3.05) is 33.9 Å². The molecule has 0 saturated heterocycles. The highest BCUT2D eigenvalue weighted by atomic mass is 16.5. The summed E-state index contributed by atoms with van der Waals surface area (Å²) in [6, 6.07) is 7.75. The Morgan fingerprint density at radius 1 is 1.12 bits per heavy atom. The zero-order chi connectivity index (χ0) is 12.5. The van der Waals surface area contributed by atoms with Crippen molar-refractivity contribution in [2.45, 2.75) is 19.8 Å². The van der Waals surface area contributed by atoms with Crippen molar-refractivity contribution in [2.24, 2.45) is 0 Å². The number of unbranched alkanes of at least 4 members (excludes halogenated alkanes) is 1. The Morgan fingerprint density at radius 2 is 1.82 bits per heavy atom. The molecule has 0 N–H and O–H groups in total. The van der Waals surface area contributed by atoms with Crippen LogP contribution in [0.5, 0.6) is 11.5 Å². The summed E-state index contributed by atoms with van der Waals surface area (Å²) in [6.45, 7) is 4.98. The van der Waals surface area contributed by atoms with E-state index in [1.807, 2.05) is 24.3 Å². The first-order valence-corrected chi connectivity index (χ1v) is 6.22. The number of benzene rings is 1. The van der Waals surface area contributed by atoms with Gasteiger partial charge in [0.1, 0.15) is 6.61 Å². The third kappa shape index (κ3) is 5.09. The SMILES string of the molecule is CCCCN(C)CCOc1ccccc1OC. The standard InChI is InChI=1S/C14H23NO2/c1-4-5-10-15(2)11-12-17-14-9-7-6-8-13(14)16-3/h6-9H,4-5,10-12H2,1-3H3. The van der Waals surface area contributed by atoms with Gasteiger partial charge in [0.2, 0.25) is 0 Å². The van der Waals surface area contributed by atoms with Crippen LogP contribution in [0.3, 0.4) is 0 Å². The lowest BCUT2D eigenvalue weighted by atomic mass is 10.3. The fraction of sp³-hybridized carbons (Fsp3) is 0.571. The molecule has 0 aromatic heterocycles. The summed E-state index contributed by atoms with van der Waals surface area (Å²) in [7, 11) is 3.79. The summed E-state index contributed by atoms with van der Waals surface area (Å²) in [5.74, 6) is 1.61. The Morgan fingerprint density at radius 3 is 2.47 bits per heavy atom. The lowest BCUT2D eigenvalue weighted by Crippen LogP contribution is -2.25. The van der Waals surface area contributed by atoms with Gasteiger partial charge in [0, 0.05) is 6.54 Å². The second kappa shape index (κ2) is 7.96. The first-order valence-electron chi connectivity index (χ1n) is 6.22. The zero-order valence-corrected chi connectivity index (χ0v) is 11.1. The molecular formula is C14H23NO2. The van der Waals surface area contributed by atoms with Gasteiger partial charge in [0.05, 0.1) is 7.11 Å². The number of nitrogens with zero attached hydrogens (tertiary/aromatic N) is 1. The molecule has 0 aliphatic heterocycles. The van der Waals surface area contributed by atoms with Crippen LogP contribution in [0.1, 0.15) is 19.8 Å². The molecule has 0 amide bonds. The molecule has 0 aliphatic rings. The number of likely N-dealkylation sites (N-methyl/N-ethyl adjacent to an activating group) is 1. The number of para-hydroxylation sites is 2. The number of methoxy groups -OCH3 is 1. The van der Waals surface area contributed by atoms with Crippen molar-refractivity contribution >= 4 is 0 Å². The van der Waals surface area contributed by atoms with E-state index < -0.39 is 0 Å². The largest absolute Gasteiger partial charge is 0.493 e. The Kier molecular flexibility index (Phi) is 6.48. The Hall–Kier alpha value is -1.22. The molecule has 17 heavy (non-hydrogen) atoms. The number of hydrogen-bond donors (Lipinski definition) is 0. The van der Waals surface area contributed by atoms with Gasteiger partial charge < -0.3 is 14.4 Å². The molecule has 0 atom stereocenters. The molecule has 3 heteroatoms. The molecule has 96 valence electrons. The van der Waals surface area contributed by atoms with Gasteiger partial charge in [-0.1, -0.05) is 25.5 Å². The van der Waals surface area contributed by atoms with Crippen LogP contribution in [-0.2, 0) is 0 Å². The molecule has 1 aromatic rings. The maximum Gasteiger partial charge on any atom is 0.161 e. The fourth-order valence-corrected chi connectivity index (χ4v) is 1.59. The Balaban J connectivity index is 2.30. The van der Waals surface area contributed by atoms with E-state index in [0.29, 0.717) is 6.61 Å². The summed E-state index contributed by atoms with van der Waals surface area (Å²) in [5, 5.41) is 0. The zero-order valence-electron chi connectivity index (χ0n) is 11.1. The summed E-state index contributed by atoms with van der Waals surface area (Å²) in [5.41, 5.74) is 0. The number of hydrogen-bond acceptors (Lipinski definition) is 3. The van der Waals surface area contributed by atoms with E-state index in [-0.39, 0.29) is 0 Å². The third-order valence-corrected chi connectivity index (χ3v) is 2.69. The highest BCUT2D eigenvalue weighted by molar-refractivity contribution is 5.39. The summed E-state index contributed by atoms with van der Waals surface area (Å²) >= 11 is 0. The summed E-state index contributed by atoms with van der Waals surface area (Å²) in [6.07, 6.45) is 2.48. The van der Waals surface area contributed by atoms with Crippen LogP contribution < -0.4 is 9.47 Å². The highest BCUT2D eigenvalue weighted by Gasteiger charge is 2.03. The van der Waals surface area contributed by atoms with Gasteiger partial charge in [-0.3, -0.25) is 0 Å². The minimum atomic E-state index is 0.695. The van der Waals surface area contributed by atoms with Crippen molar-refractivity contribution in [1.29, 1.82) is 0 Å². The monoisotopic (exact) mass is 237 g/mol. The van der Waals surface area contributed by atoms with Gasteiger partial charge >= 0.3 is 0 Å². The third-order valence-electron chi connectivity index (χ3n) is 2.69. The molecular weight excluding hydrogens is 214 g/mol. The van der Waals surface area contributed by atoms with Gasteiger partial charge in [-0.15, -0.1) is 0 Å². The molecule has 0 unspecified atom stereocenters. The van der Waals surface area contributed by atoms with E-state index in [0.717, 1.165) is 24.6 Å². The first kappa shape index (κ1) is 13.8. The number of ether oxygens (including phenoxy) is 2. The van der Waals surface area contributed by atoms with Crippen molar-refractivity contribution < 1.29 is 9.47 Å². The van der Waals surface area contributed by atoms with Gasteiger partial charge in [-0.05, 0) is 32.1 Å². The second-order valence-electron chi connectivity index (χ2n) is 4.16. The van der Waals surface area contributed by atoms with Crippen LogP contribution in [0, 0.1) is 0 Å². The maximum atomic E-state index is 5.71. The van der Waals surface area contributed by atoms with Crippen molar-refractivity contribution in [1.82, 2.24) is 4.90 Å². The van der Waals surface area contributed by atoms with E-state index in [1.54, 1.807) is 7.11 Å². The van der Waals surface area contributed by atoms with Gasteiger partial charge in [0.15, 0.2) is 11.5 Å². The van der Waals surface area contributed by atoms with Gasteiger partial charge in [-0.2, -0.15) is 0 Å². The predicted molar refractivity (Wildman–Crippen MR) is 70.9 cm³/mol. The smallest absolute Gasteiger partial charge is 0.161 e. The van der Waals surface area contributed by atoms with Gasteiger partial charge in [0.25, 0.3) is 0 Å². The molecule has 0 heterocycles. The van der Waals surface area contributed by atoms with Gasteiger partial charge in [-0.25, -0.2) is 0 Å². The van der Waals surface area contributed by atoms with Crippen molar-refractivity contribution in [3.05, 3.63) is 24.3 Å². The lowest BCUT2D eigenvalue weighted by molar-refractivity contribution is 0.228. The highest BCUT2D eigenvalue weighted by Crippen LogP contribution is 2.25. The van der Waals surface area contributed by atoms with Crippen LogP contribution >= 0.6 is 0 Å². The van der Waals surface area contributed by atoms with Crippen LogP contribution in [0.4, 0.5) is 0 Å². The second-order valence-corrected chi connectivity index (χ2v) is 4.16. The minimum Gasteiger partial charge on any atom is -0.493 e. The van der Waals surface area contributed by atoms with Crippen LogP contribution in [0.15, 0.2) is 24.3 Å². The average Bonchev–Trinajstić information content (AvgIpc) is 2.37. The lowest BCUT2D eigenvalue weighted by Gasteiger charge is -2.17. The van der Waals surface area contributed by atoms with Crippen LogP contribution in [0.25, 0.3) is 0 Å². The van der Waals surface area contributed by atoms with Crippen molar-refractivity contribution in [3.63, 3.8) is 0 Å². The molecule has 0 radical (unpaired) electrons. The molecule has 0 aliphatic carbocycles. The first-order chi connectivity index (χ1) is 8.27. The Labute approximate surface area is 104 Å². The molecule has 0 fully saturated rings. The molecule has 0 bridgehead atoms. The predicted octanol–water partition coefficient (Wildman–Crippen LogP) is 2.81. The van der Waals surface area contributed by atoms with Crippen LogP contribution in [0.2, 0.25) is 0 Å². The van der Waals surface area contributed by atoms with Crippen molar-refractivity contribution in [3.8, 4) is 11.5 Å². The normalized spacial score (nSPS) is 10.6. The van der Waals surface area contributed by atoms with E-state index in [2.05, 4.69) is 18.9 Å². The molecule has 0 spiro atoms. The van der Waals surface area contributed by atoms with E-state index in [4.69, 9.17) is 9.47 Å². The molecule has 3 nitrogen and oxygen atoms in total. The molecule has 0 saturated carbocycles. The topological polar surface area (TPSA) is 21.7 Å². The summed E-state index contributed by atoms with van der Waals surface area (Å²) < 4.78 is 10.9. The average molecular weight is 237 g/mol. The summed E-state index contributed by atoms with van der Waals surface area (Å²) in [4.78, 5) is 2.29. The van der Waals surface area contributed by atoms with E-state index in [1.165, 1.54) is 12.8 Å². The maximum absolute atomic E-state index is 5.71.